The highest BCUT2D eigenvalue weighted by molar-refractivity contribution is 5.80. The lowest BCUT2D eigenvalue weighted by atomic mass is 9.95. The van der Waals surface area contributed by atoms with E-state index in [9.17, 15) is 5.11 Å². The summed E-state index contributed by atoms with van der Waals surface area (Å²) in [6, 6.07) is 6.00. The van der Waals surface area contributed by atoms with Crippen LogP contribution in [0.1, 0.15) is 19.8 Å². The average molecular weight is 231 g/mol. The second kappa shape index (κ2) is 3.74. The Morgan fingerprint density at radius 2 is 2.41 bits per heavy atom. The van der Waals surface area contributed by atoms with E-state index in [4.69, 9.17) is 0 Å². The van der Waals surface area contributed by atoms with Crippen molar-refractivity contribution in [1.29, 1.82) is 0 Å². The summed E-state index contributed by atoms with van der Waals surface area (Å²) < 4.78 is 0. The van der Waals surface area contributed by atoms with Crippen LogP contribution < -0.4 is 4.90 Å². The fourth-order valence-electron chi connectivity index (χ4n) is 2.54. The van der Waals surface area contributed by atoms with Crippen LogP contribution in [0, 0.1) is 0 Å². The largest absolute Gasteiger partial charge is 0.388 e. The number of nitrogens with one attached hydrogen (secondary N) is 1. The third-order valence-electron chi connectivity index (χ3n) is 3.39. The number of aliphatic hydroxyl groups is 1. The van der Waals surface area contributed by atoms with E-state index < -0.39 is 5.60 Å². The zero-order chi connectivity index (χ0) is 11.9. The molecule has 1 atom stereocenters. The summed E-state index contributed by atoms with van der Waals surface area (Å²) in [5, 5.41) is 10.1. The van der Waals surface area contributed by atoms with Gasteiger partial charge in [-0.1, -0.05) is 0 Å². The number of pyridine rings is 1. The topological polar surface area (TPSA) is 52.1 Å². The molecule has 1 aliphatic rings. The van der Waals surface area contributed by atoms with Crippen molar-refractivity contribution in [2.45, 2.75) is 25.4 Å². The number of aromatic nitrogens is 2. The predicted octanol–water partition coefficient (Wildman–Crippen LogP) is 1.91. The number of aromatic amines is 1. The first-order valence-electron chi connectivity index (χ1n) is 6.05. The average Bonchev–Trinajstić information content (AvgIpc) is 2.71. The van der Waals surface area contributed by atoms with Crippen LogP contribution in [0.3, 0.4) is 0 Å². The van der Waals surface area contributed by atoms with E-state index in [1.54, 1.807) is 6.20 Å². The Morgan fingerprint density at radius 3 is 3.18 bits per heavy atom. The summed E-state index contributed by atoms with van der Waals surface area (Å²) >= 11 is 0. The maximum absolute atomic E-state index is 10.1. The molecule has 2 aromatic heterocycles. The number of fused-ring (bicyclic) bond motifs is 1. The number of β-amino-alcohol motifs (C(OH)–C–C–N with tert-alkyl or cyclic N) is 1. The van der Waals surface area contributed by atoms with Crippen LogP contribution in [-0.4, -0.2) is 33.8 Å². The molecular formula is C13H17N3O. The maximum Gasteiger partial charge on any atom is 0.108 e. The second-order valence-electron chi connectivity index (χ2n) is 5.11. The summed E-state index contributed by atoms with van der Waals surface area (Å²) in [6.45, 7) is 3.57. The molecule has 0 radical (unpaired) electrons. The minimum absolute atomic E-state index is 0.580. The van der Waals surface area contributed by atoms with Gasteiger partial charge in [0, 0.05) is 25.4 Å². The molecule has 0 saturated carbocycles. The normalized spacial score (nSPS) is 25.4. The van der Waals surface area contributed by atoms with Gasteiger partial charge < -0.3 is 15.0 Å². The van der Waals surface area contributed by atoms with Crippen LogP contribution in [-0.2, 0) is 0 Å². The number of rotatable bonds is 1. The number of nitrogens with zero attached hydrogens (tertiary/aromatic N) is 2. The lowest BCUT2D eigenvalue weighted by molar-refractivity contribution is 0.0447. The molecule has 3 heterocycles. The molecule has 17 heavy (non-hydrogen) atoms. The van der Waals surface area contributed by atoms with Crippen molar-refractivity contribution >= 4 is 16.9 Å². The summed E-state index contributed by atoms with van der Waals surface area (Å²) in [5.41, 5.74) is 1.45. The lowest BCUT2D eigenvalue weighted by Crippen LogP contribution is -2.46. The highest BCUT2D eigenvalue weighted by Gasteiger charge is 2.29. The van der Waals surface area contributed by atoms with Gasteiger partial charge in [-0.05, 0) is 31.9 Å². The fraction of sp³-hybridized carbons (Fsp3) is 0.462. The Bertz CT molecular complexity index is 499. The minimum Gasteiger partial charge on any atom is -0.388 e. The molecule has 0 aromatic carbocycles. The highest BCUT2D eigenvalue weighted by atomic mass is 16.3. The van der Waals surface area contributed by atoms with Crippen molar-refractivity contribution < 1.29 is 5.11 Å². The third kappa shape index (κ3) is 2.00. The van der Waals surface area contributed by atoms with Crippen molar-refractivity contribution in [2.24, 2.45) is 0 Å². The van der Waals surface area contributed by atoms with Gasteiger partial charge in [-0.15, -0.1) is 0 Å². The number of H-pyrrole nitrogens is 1. The third-order valence-corrected chi connectivity index (χ3v) is 3.39. The van der Waals surface area contributed by atoms with E-state index in [1.165, 1.54) is 0 Å². The van der Waals surface area contributed by atoms with Crippen LogP contribution in [0.25, 0.3) is 11.0 Å². The Hall–Kier alpha value is -1.55. The summed E-state index contributed by atoms with van der Waals surface area (Å²) in [6.07, 6.45) is 3.70. The molecule has 2 aromatic rings. The van der Waals surface area contributed by atoms with E-state index in [0.717, 1.165) is 36.2 Å². The minimum atomic E-state index is -0.580. The predicted molar refractivity (Wildman–Crippen MR) is 68.2 cm³/mol. The monoisotopic (exact) mass is 231 g/mol. The van der Waals surface area contributed by atoms with E-state index in [1.807, 2.05) is 19.1 Å². The first kappa shape index (κ1) is 10.6. The van der Waals surface area contributed by atoms with Gasteiger partial charge in [-0.3, -0.25) is 4.98 Å². The molecule has 0 unspecified atom stereocenters. The van der Waals surface area contributed by atoms with Crippen molar-refractivity contribution in [3.05, 3.63) is 24.4 Å². The Kier molecular flexibility index (Phi) is 2.33. The van der Waals surface area contributed by atoms with Gasteiger partial charge in [-0.2, -0.15) is 0 Å². The zero-order valence-electron chi connectivity index (χ0n) is 9.98. The van der Waals surface area contributed by atoms with Crippen molar-refractivity contribution in [1.82, 2.24) is 9.97 Å². The summed E-state index contributed by atoms with van der Waals surface area (Å²) in [5.74, 6) is 1.05. The maximum atomic E-state index is 10.1. The van der Waals surface area contributed by atoms with Crippen LogP contribution in [0.5, 0.6) is 0 Å². The number of piperidine rings is 1. The van der Waals surface area contributed by atoms with Crippen LogP contribution >= 0.6 is 0 Å². The van der Waals surface area contributed by atoms with E-state index in [-0.39, 0.29) is 0 Å². The lowest BCUT2D eigenvalue weighted by Gasteiger charge is -2.37. The SMILES string of the molecule is C[C@@]1(O)CCCN(c2cc3ncccc3[nH]2)C1. The zero-order valence-corrected chi connectivity index (χ0v) is 9.98. The van der Waals surface area contributed by atoms with E-state index in [0.29, 0.717) is 6.54 Å². The smallest absolute Gasteiger partial charge is 0.108 e. The first-order valence-corrected chi connectivity index (χ1v) is 6.05. The quantitative estimate of drug-likeness (QED) is 0.788. The fourth-order valence-corrected chi connectivity index (χ4v) is 2.54. The molecule has 1 saturated heterocycles. The molecule has 90 valence electrons. The summed E-state index contributed by atoms with van der Waals surface area (Å²) in [4.78, 5) is 9.87. The van der Waals surface area contributed by atoms with Crippen LogP contribution in [0.4, 0.5) is 5.82 Å². The standard InChI is InChI=1S/C13H17N3O/c1-13(17)5-3-7-16(9-13)12-8-11-10(15-12)4-2-6-14-11/h2,4,6,8,15,17H,3,5,7,9H2,1H3/t13-/m1/s1. The number of hydrogen-bond donors (Lipinski definition) is 2. The molecule has 1 aliphatic heterocycles. The van der Waals surface area contributed by atoms with Gasteiger partial charge >= 0.3 is 0 Å². The van der Waals surface area contributed by atoms with Crippen molar-refractivity contribution in [3.8, 4) is 0 Å². The Labute approximate surface area is 100 Å². The molecule has 1 fully saturated rings. The highest BCUT2D eigenvalue weighted by Crippen LogP contribution is 2.27. The van der Waals surface area contributed by atoms with Crippen molar-refractivity contribution in [2.75, 3.05) is 18.0 Å². The van der Waals surface area contributed by atoms with Gasteiger partial charge in [0.05, 0.1) is 16.6 Å². The Balaban J connectivity index is 1.93. The van der Waals surface area contributed by atoms with Crippen molar-refractivity contribution in [3.63, 3.8) is 0 Å². The molecule has 0 spiro atoms. The van der Waals surface area contributed by atoms with Gasteiger partial charge in [0.1, 0.15) is 5.82 Å². The number of hydrogen-bond acceptors (Lipinski definition) is 3. The Morgan fingerprint density at radius 1 is 1.53 bits per heavy atom. The second-order valence-corrected chi connectivity index (χ2v) is 5.11. The first-order chi connectivity index (χ1) is 8.14. The molecule has 3 rings (SSSR count). The van der Waals surface area contributed by atoms with Gasteiger partial charge in [0.2, 0.25) is 0 Å². The van der Waals surface area contributed by atoms with Crippen LogP contribution in [0.2, 0.25) is 0 Å². The molecule has 4 heteroatoms. The van der Waals surface area contributed by atoms with Gasteiger partial charge in [0.15, 0.2) is 0 Å². The summed E-state index contributed by atoms with van der Waals surface area (Å²) in [7, 11) is 0. The molecular weight excluding hydrogens is 214 g/mol. The van der Waals surface area contributed by atoms with Crippen LogP contribution in [0.15, 0.2) is 24.4 Å². The number of anilines is 1. The van der Waals surface area contributed by atoms with E-state index >= 15 is 0 Å². The molecule has 2 N–H and O–H groups in total. The van der Waals surface area contributed by atoms with E-state index in [2.05, 4.69) is 20.9 Å². The molecule has 0 bridgehead atoms. The molecule has 0 amide bonds. The molecule has 0 aliphatic carbocycles. The van der Waals surface area contributed by atoms with Gasteiger partial charge in [-0.25, -0.2) is 0 Å². The van der Waals surface area contributed by atoms with Gasteiger partial charge in [0.25, 0.3) is 0 Å². The molecule has 4 nitrogen and oxygen atoms in total.